The highest BCUT2D eigenvalue weighted by Gasteiger charge is 2.19. The molecule has 0 N–H and O–H groups in total. The van der Waals surface area contributed by atoms with E-state index < -0.39 is 0 Å². The third-order valence-electron chi connectivity index (χ3n) is 12.0. The Hall–Kier alpha value is -7.26. The second-order valence-electron chi connectivity index (χ2n) is 15.2. The molecule has 2 heterocycles. The molecule has 12 rings (SSSR count). The average molecular weight is 754 g/mol. The zero-order valence-electron chi connectivity index (χ0n) is 31.6. The van der Waals surface area contributed by atoms with Crippen LogP contribution in [0.15, 0.2) is 212 Å². The van der Waals surface area contributed by atoms with Crippen molar-refractivity contribution in [1.29, 1.82) is 0 Å². The molecule has 1 nitrogen and oxygen atoms in total. The second-order valence-corrected chi connectivity index (χ2v) is 16.2. The van der Waals surface area contributed by atoms with Gasteiger partial charge in [-0.05, 0) is 90.3 Å². The van der Waals surface area contributed by atoms with Crippen LogP contribution in [0.5, 0.6) is 0 Å². The first-order valence-corrected chi connectivity index (χ1v) is 20.7. The Bertz CT molecular complexity index is 3480. The third-order valence-corrected chi connectivity index (χ3v) is 13.3. The van der Waals surface area contributed by atoms with Gasteiger partial charge in [0.15, 0.2) is 0 Å². The van der Waals surface area contributed by atoms with E-state index in [2.05, 4.69) is 217 Å². The van der Waals surface area contributed by atoms with Gasteiger partial charge < -0.3 is 4.57 Å². The van der Waals surface area contributed by atoms with Crippen molar-refractivity contribution in [3.05, 3.63) is 212 Å². The molecule has 0 fully saturated rings. The maximum Gasteiger partial charge on any atom is 0.0547 e. The summed E-state index contributed by atoms with van der Waals surface area (Å²) in [4.78, 5) is 0. The number of aromatic nitrogens is 1. The molecule has 0 saturated heterocycles. The Morgan fingerprint density at radius 2 is 0.707 bits per heavy atom. The number of rotatable bonds is 5. The molecule has 0 bridgehead atoms. The molecule has 0 unspecified atom stereocenters. The lowest BCUT2D eigenvalue weighted by molar-refractivity contribution is 1.18. The van der Waals surface area contributed by atoms with Crippen molar-refractivity contribution in [3.8, 4) is 50.2 Å². The molecule has 10 aromatic carbocycles. The molecule has 12 aromatic rings. The summed E-state index contributed by atoms with van der Waals surface area (Å²) in [5.41, 5.74) is 13.6. The highest BCUT2D eigenvalue weighted by Crippen LogP contribution is 2.46. The van der Waals surface area contributed by atoms with Gasteiger partial charge in [-0.2, -0.15) is 0 Å². The molecule has 0 aliphatic heterocycles. The van der Waals surface area contributed by atoms with Gasteiger partial charge in [0.05, 0.1) is 11.0 Å². The summed E-state index contributed by atoms with van der Waals surface area (Å²) in [6.45, 7) is 0. The monoisotopic (exact) mass is 753 g/mol. The van der Waals surface area contributed by atoms with Crippen LogP contribution < -0.4 is 0 Å². The molecule has 0 aliphatic rings. The van der Waals surface area contributed by atoms with E-state index in [1.54, 1.807) is 0 Å². The van der Waals surface area contributed by atoms with Crippen molar-refractivity contribution < 1.29 is 0 Å². The van der Waals surface area contributed by atoms with Gasteiger partial charge in [0.25, 0.3) is 0 Å². The van der Waals surface area contributed by atoms with E-state index in [1.165, 1.54) is 108 Å². The van der Waals surface area contributed by atoms with Crippen LogP contribution in [0, 0.1) is 0 Å². The average Bonchev–Trinajstić information content (AvgIpc) is 3.85. The second kappa shape index (κ2) is 13.2. The lowest BCUT2D eigenvalue weighted by atomic mass is 9.86. The van der Waals surface area contributed by atoms with Gasteiger partial charge in [-0.15, -0.1) is 11.3 Å². The summed E-state index contributed by atoms with van der Waals surface area (Å²) < 4.78 is 5.11. The first kappa shape index (κ1) is 32.9. The number of para-hydroxylation sites is 1. The lowest BCUT2D eigenvalue weighted by Crippen LogP contribution is -1.95. The fourth-order valence-corrected chi connectivity index (χ4v) is 10.8. The van der Waals surface area contributed by atoms with E-state index >= 15 is 0 Å². The zero-order chi connectivity index (χ0) is 38.2. The maximum atomic E-state index is 2.45. The summed E-state index contributed by atoms with van der Waals surface area (Å²) in [5.74, 6) is 0. The molecule has 0 saturated carbocycles. The van der Waals surface area contributed by atoms with Gasteiger partial charge in [-0.25, -0.2) is 0 Å². The van der Waals surface area contributed by atoms with E-state index in [0.29, 0.717) is 0 Å². The predicted octanol–water partition coefficient (Wildman–Crippen LogP) is 16.1. The summed E-state index contributed by atoms with van der Waals surface area (Å²) >= 11 is 1.91. The number of nitrogens with zero attached hydrogens (tertiary/aromatic N) is 1. The summed E-state index contributed by atoms with van der Waals surface area (Å²) in [6, 6.07) is 78.0. The van der Waals surface area contributed by atoms with Crippen LogP contribution in [0.3, 0.4) is 0 Å². The van der Waals surface area contributed by atoms with E-state index in [1.807, 2.05) is 11.3 Å². The van der Waals surface area contributed by atoms with Crippen LogP contribution in [0.1, 0.15) is 0 Å². The first-order valence-electron chi connectivity index (χ1n) is 19.9. The highest BCUT2D eigenvalue weighted by atomic mass is 32.1. The SMILES string of the molecule is c1ccc(-c2c3ccccc3c(-c3ccc(-n4c5ccccc5c5ccc(-c6cccc7c6sc6c(-c8ccccc8)cccc67)cc54)cc3)c3ccccc23)cc1. The minimum atomic E-state index is 1.15. The Labute approximate surface area is 340 Å². The van der Waals surface area contributed by atoms with Crippen LogP contribution in [0.25, 0.3) is 114 Å². The summed E-state index contributed by atoms with van der Waals surface area (Å²) in [7, 11) is 0. The minimum Gasteiger partial charge on any atom is -0.309 e. The van der Waals surface area contributed by atoms with E-state index in [-0.39, 0.29) is 0 Å². The van der Waals surface area contributed by atoms with Crippen LogP contribution in [-0.4, -0.2) is 4.57 Å². The van der Waals surface area contributed by atoms with Crippen LogP contribution in [0.2, 0.25) is 0 Å². The van der Waals surface area contributed by atoms with Gasteiger partial charge in [0.1, 0.15) is 0 Å². The summed E-state index contributed by atoms with van der Waals surface area (Å²) in [6.07, 6.45) is 0. The molecule has 2 heteroatoms. The Morgan fingerprint density at radius 1 is 0.276 bits per heavy atom. The van der Waals surface area contributed by atoms with Gasteiger partial charge in [-0.3, -0.25) is 0 Å². The fourth-order valence-electron chi connectivity index (χ4n) is 9.44. The number of hydrogen-bond acceptors (Lipinski definition) is 1. The zero-order valence-corrected chi connectivity index (χ0v) is 32.4. The standard InChI is InChI=1S/C56H35NS/c1-3-15-36(16-4-1)41-24-13-26-49-50-27-14-25-42(56(50)58-55(41)49)39-31-34-44-43-19-11-12-28-51(43)57(52(44)35-39)40-32-29-38(30-33-40)54-47-22-9-7-20-45(47)53(37-17-5-2-6-18-37)46-21-8-10-23-48(46)54/h1-35H. The largest absolute Gasteiger partial charge is 0.309 e. The molecule has 0 atom stereocenters. The van der Waals surface area contributed by atoms with E-state index in [0.717, 1.165) is 5.69 Å². The third kappa shape index (κ3) is 5.02. The Morgan fingerprint density at radius 3 is 1.29 bits per heavy atom. The fraction of sp³-hybridized carbons (Fsp3) is 0. The van der Waals surface area contributed by atoms with Crippen LogP contribution in [0.4, 0.5) is 0 Å². The van der Waals surface area contributed by atoms with Crippen molar-refractivity contribution in [2.75, 3.05) is 0 Å². The maximum absolute atomic E-state index is 2.45. The van der Waals surface area contributed by atoms with Gasteiger partial charge in [0.2, 0.25) is 0 Å². The number of benzene rings is 10. The van der Waals surface area contributed by atoms with Crippen molar-refractivity contribution in [2.45, 2.75) is 0 Å². The molecule has 58 heavy (non-hydrogen) atoms. The molecular formula is C56H35NS. The van der Waals surface area contributed by atoms with E-state index in [4.69, 9.17) is 0 Å². The van der Waals surface area contributed by atoms with E-state index in [9.17, 15) is 0 Å². The molecule has 0 amide bonds. The molecule has 0 spiro atoms. The predicted molar refractivity (Wildman–Crippen MR) is 250 cm³/mol. The molecule has 270 valence electrons. The van der Waals surface area contributed by atoms with Crippen molar-refractivity contribution in [1.82, 2.24) is 4.57 Å². The van der Waals surface area contributed by atoms with Crippen LogP contribution in [-0.2, 0) is 0 Å². The van der Waals surface area contributed by atoms with Gasteiger partial charge >= 0.3 is 0 Å². The van der Waals surface area contributed by atoms with Crippen molar-refractivity contribution in [2.24, 2.45) is 0 Å². The van der Waals surface area contributed by atoms with Gasteiger partial charge in [-0.1, -0.05) is 188 Å². The Balaban J connectivity index is 1.03. The van der Waals surface area contributed by atoms with Crippen molar-refractivity contribution >= 4 is 74.9 Å². The highest BCUT2D eigenvalue weighted by molar-refractivity contribution is 7.26. The summed E-state index contributed by atoms with van der Waals surface area (Å²) in [5, 5.41) is 10.2. The molecular weight excluding hydrogens is 719 g/mol. The quantitative estimate of drug-likeness (QED) is 0.154. The Kier molecular flexibility index (Phi) is 7.47. The minimum absolute atomic E-state index is 1.15. The number of thiophene rings is 1. The number of fused-ring (bicyclic) bond motifs is 8. The molecule has 0 aliphatic carbocycles. The molecule has 2 aromatic heterocycles. The lowest BCUT2D eigenvalue weighted by Gasteiger charge is -2.18. The first-order chi connectivity index (χ1) is 28.8. The molecule has 0 radical (unpaired) electrons. The van der Waals surface area contributed by atoms with Crippen molar-refractivity contribution in [3.63, 3.8) is 0 Å². The van der Waals surface area contributed by atoms with Crippen LogP contribution >= 0.6 is 11.3 Å². The normalized spacial score (nSPS) is 11.8. The smallest absolute Gasteiger partial charge is 0.0547 e. The topological polar surface area (TPSA) is 4.93 Å². The number of hydrogen-bond donors (Lipinski definition) is 0. The van der Waals surface area contributed by atoms with Gasteiger partial charge in [0, 0.05) is 36.6 Å².